The van der Waals surface area contributed by atoms with E-state index in [0.29, 0.717) is 13.2 Å². The van der Waals surface area contributed by atoms with Crippen molar-refractivity contribution >= 4 is 15.3 Å². The molecule has 1 saturated heterocycles. The van der Waals surface area contributed by atoms with E-state index in [2.05, 4.69) is 0 Å². The van der Waals surface area contributed by atoms with Crippen LogP contribution in [0.3, 0.4) is 0 Å². The Balaban J connectivity index is 2.02. The Morgan fingerprint density at radius 3 is 2.73 bits per heavy atom. The minimum absolute atomic E-state index is 0.0599. The van der Waals surface area contributed by atoms with Crippen molar-refractivity contribution in [2.75, 3.05) is 19.8 Å². The fraction of sp³-hybridized carbons (Fsp3) is 0.889. The summed E-state index contributed by atoms with van der Waals surface area (Å²) in [6.07, 6.45) is 0.895. The van der Waals surface area contributed by atoms with Gasteiger partial charge in [0.2, 0.25) is 0 Å². The van der Waals surface area contributed by atoms with Crippen LogP contribution in [0, 0.1) is 0 Å². The van der Waals surface area contributed by atoms with Gasteiger partial charge in [-0.05, 0) is 6.04 Å². The molecule has 0 aromatic carbocycles. The first-order valence-corrected chi connectivity index (χ1v) is 7.00. The number of rotatable bonds is 7. The molecule has 0 radical (unpaired) electrons. The third kappa shape index (κ3) is 5.27. The summed E-state index contributed by atoms with van der Waals surface area (Å²) in [6.45, 7) is 4.91. The zero-order valence-corrected chi connectivity index (χ0v) is 10.4. The quantitative estimate of drug-likeness (QED) is 0.366. The predicted octanol–water partition coefficient (Wildman–Crippen LogP) is 0.569. The first-order chi connectivity index (χ1) is 7.22. The molecule has 5 nitrogen and oxygen atoms in total. The molecular weight excluding hydrogens is 216 g/mol. The van der Waals surface area contributed by atoms with Crippen LogP contribution in [0.4, 0.5) is 0 Å². The van der Waals surface area contributed by atoms with Crippen molar-refractivity contribution in [1.82, 2.24) is 0 Å². The van der Waals surface area contributed by atoms with Gasteiger partial charge in [0.05, 0.1) is 13.2 Å². The average Bonchev–Trinajstić information content (AvgIpc) is 2.13. The largest absolute Gasteiger partial charge is 0.463 e. The van der Waals surface area contributed by atoms with Crippen molar-refractivity contribution in [3.63, 3.8) is 0 Å². The second-order valence-electron chi connectivity index (χ2n) is 3.27. The van der Waals surface area contributed by atoms with E-state index >= 15 is 0 Å². The number of hydrogen-bond donors (Lipinski definition) is 0. The van der Waals surface area contributed by atoms with Crippen LogP contribution < -0.4 is 0 Å². The van der Waals surface area contributed by atoms with Crippen molar-refractivity contribution < 1.29 is 23.1 Å². The molecule has 0 bridgehead atoms. The topological polar surface area (TPSA) is 54.0 Å². The van der Waals surface area contributed by atoms with E-state index < -0.39 is 9.28 Å². The Morgan fingerprint density at radius 1 is 1.53 bits per heavy atom. The predicted molar refractivity (Wildman–Crippen MR) is 55.7 cm³/mol. The van der Waals surface area contributed by atoms with Gasteiger partial charge in [0.25, 0.3) is 0 Å². The number of carbonyl (C=O) groups excluding carboxylic acids is 1. The molecule has 1 heterocycles. The van der Waals surface area contributed by atoms with Gasteiger partial charge in [-0.1, -0.05) is 6.92 Å². The minimum Gasteiger partial charge on any atom is -0.463 e. The van der Waals surface area contributed by atoms with Crippen molar-refractivity contribution in [3.8, 4) is 0 Å². The molecule has 0 aromatic rings. The summed E-state index contributed by atoms with van der Waals surface area (Å²) in [7, 11) is -1.62. The first-order valence-electron chi connectivity index (χ1n) is 5.24. The highest BCUT2D eigenvalue weighted by Crippen LogP contribution is 2.14. The van der Waals surface area contributed by atoms with Gasteiger partial charge in [-0.3, -0.25) is 4.79 Å². The number of hydrogen-bond acceptors (Lipinski definition) is 5. The molecule has 1 rings (SSSR count). The highest BCUT2D eigenvalue weighted by Gasteiger charge is 2.24. The van der Waals surface area contributed by atoms with Crippen molar-refractivity contribution in [2.45, 2.75) is 32.6 Å². The van der Waals surface area contributed by atoms with Crippen LogP contribution >= 0.6 is 0 Å². The molecule has 6 heteroatoms. The van der Waals surface area contributed by atoms with Crippen LogP contribution in [0.5, 0.6) is 0 Å². The lowest BCUT2D eigenvalue weighted by Crippen LogP contribution is -2.37. The van der Waals surface area contributed by atoms with Gasteiger partial charge < -0.3 is 18.3 Å². The summed E-state index contributed by atoms with van der Waals surface area (Å²) in [5, 5.41) is 0. The minimum atomic E-state index is -1.62. The average molecular weight is 234 g/mol. The summed E-state index contributed by atoms with van der Waals surface area (Å²) in [6, 6.07) is 0.889. The van der Waals surface area contributed by atoms with Crippen LogP contribution in [0.1, 0.15) is 20.3 Å². The van der Waals surface area contributed by atoms with Crippen LogP contribution in [-0.2, 0) is 23.1 Å². The summed E-state index contributed by atoms with van der Waals surface area (Å²) in [5.74, 6) is -0.281. The summed E-state index contributed by atoms with van der Waals surface area (Å²) in [5.41, 5.74) is 0. The summed E-state index contributed by atoms with van der Waals surface area (Å²) < 4.78 is 21.0. The normalized spacial score (nSPS) is 21.9. The lowest BCUT2D eigenvalue weighted by Gasteiger charge is -2.29. The number of ether oxygens (including phenoxy) is 2. The molecule has 1 fully saturated rings. The molecule has 0 saturated carbocycles. The van der Waals surface area contributed by atoms with E-state index in [-0.39, 0.29) is 12.3 Å². The zero-order chi connectivity index (χ0) is 11.1. The van der Waals surface area contributed by atoms with Gasteiger partial charge in [0.1, 0.15) is 6.61 Å². The fourth-order valence-corrected chi connectivity index (χ4v) is 2.53. The smallest absolute Gasteiger partial charge is 0.323 e. The standard InChI is InChI=1S/C9H18O5Si/c1-3-15(14-9-4-5-12-9)13-7-6-11-8(2)10/h9,15H,3-7H2,1-2H3. The molecule has 0 aromatic heterocycles. The van der Waals surface area contributed by atoms with E-state index in [4.69, 9.17) is 18.3 Å². The van der Waals surface area contributed by atoms with Crippen LogP contribution in [0.15, 0.2) is 0 Å². The van der Waals surface area contributed by atoms with E-state index in [1.54, 1.807) is 0 Å². The molecular formula is C9H18O5Si. The van der Waals surface area contributed by atoms with Gasteiger partial charge in [-0.2, -0.15) is 0 Å². The number of esters is 1. The Bertz CT molecular complexity index is 195. The maximum absolute atomic E-state index is 10.5. The monoisotopic (exact) mass is 234 g/mol. The molecule has 0 spiro atoms. The van der Waals surface area contributed by atoms with E-state index in [1.807, 2.05) is 6.92 Å². The van der Waals surface area contributed by atoms with Gasteiger partial charge in [0.15, 0.2) is 6.29 Å². The molecule has 0 N–H and O–H groups in total. The van der Waals surface area contributed by atoms with Crippen molar-refractivity contribution in [1.29, 1.82) is 0 Å². The van der Waals surface area contributed by atoms with Gasteiger partial charge >= 0.3 is 15.3 Å². The third-order valence-corrected chi connectivity index (χ3v) is 3.87. The molecule has 2 atom stereocenters. The van der Waals surface area contributed by atoms with Crippen LogP contribution in [0.2, 0.25) is 6.04 Å². The van der Waals surface area contributed by atoms with E-state index in [1.165, 1.54) is 6.92 Å². The SMILES string of the molecule is CC[SiH](OCCOC(C)=O)OC1CCO1. The second kappa shape index (κ2) is 6.94. The maximum atomic E-state index is 10.5. The lowest BCUT2D eigenvalue weighted by atomic mass is 10.4. The molecule has 15 heavy (non-hydrogen) atoms. The molecule has 1 aliphatic heterocycles. The Morgan fingerprint density at radius 2 is 2.27 bits per heavy atom. The highest BCUT2D eigenvalue weighted by molar-refractivity contribution is 6.44. The molecule has 0 aliphatic carbocycles. The van der Waals surface area contributed by atoms with E-state index in [9.17, 15) is 4.79 Å². The third-order valence-electron chi connectivity index (χ3n) is 1.99. The van der Waals surface area contributed by atoms with E-state index in [0.717, 1.165) is 19.1 Å². The molecule has 1 aliphatic rings. The molecule has 88 valence electrons. The highest BCUT2D eigenvalue weighted by atomic mass is 28.3. The Hall–Kier alpha value is -0.433. The van der Waals surface area contributed by atoms with Gasteiger partial charge in [0, 0.05) is 13.3 Å². The summed E-state index contributed by atoms with van der Waals surface area (Å²) >= 11 is 0. The first kappa shape index (κ1) is 12.6. The maximum Gasteiger partial charge on any atom is 0.323 e. The lowest BCUT2D eigenvalue weighted by molar-refractivity contribution is -0.175. The van der Waals surface area contributed by atoms with Gasteiger partial charge in [-0.25, -0.2) is 0 Å². The Labute approximate surface area is 91.5 Å². The zero-order valence-electron chi connectivity index (χ0n) is 9.23. The number of carbonyl (C=O) groups is 1. The fourth-order valence-electron chi connectivity index (χ4n) is 1.11. The Kier molecular flexibility index (Phi) is 5.85. The van der Waals surface area contributed by atoms with Crippen molar-refractivity contribution in [3.05, 3.63) is 0 Å². The molecule has 0 amide bonds. The van der Waals surface area contributed by atoms with Crippen LogP contribution in [-0.4, -0.2) is 41.4 Å². The summed E-state index contributed by atoms with van der Waals surface area (Å²) in [4.78, 5) is 10.5. The second-order valence-corrected chi connectivity index (χ2v) is 5.55. The van der Waals surface area contributed by atoms with Crippen LogP contribution in [0.25, 0.3) is 0 Å². The van der Waals surface area contributed by atoms with Gasteiger partial charge in [-0.15, -0.1) is 0 Å². The molecule has 2 unspecified atom stereocenters. The van der Waals surface area contributed by atoms with Crippen molar-refractivity contribution in [2.24, 2.45) is 0 Å².